The molecule has 1 aromatic heterocycles. The Bertz CT molecular complexity index is 713. The number of likely N-dealkylation sites (N-methyl/N-ethyl adjacent to an activating group) is 1. The second-order valence-electron chi connectivity index (χ2n) is 5.94. The Morgan fingerprint density at radius 2 is 1.92 bits per heavy atom. The van der Waals surface area contributed by atoms with Crippen LogP contribution in [0.4, 0.5) is 0 Å². The number of nitrogens with one attached hydrogen (secondary N) is 1. The average Bonchev–Trinajstić information content (AvgIpc) is 3.07. The van der Waals surface area contributed by atoms with E-state index in [-0.39, 0.29) is 36.4 Å². The van der Waals surface area contributed by atoms with Gasteiger partial charge >= 0.3 is 0 Å². The van der Waals surface area contributed by atoms with Crippen molar-refractivity contribution in [1.82, 2.24) is 24.9 Å². The molecule has 1 heterocycles. The van der Waals surface area contributed by atoms with Gasteiger partial charge in [-0.2, -0.15) is 5.10 Å². The summed E-state index contributed by atoms with van der Waals surface area (Å²) in [5, 5.41) is 7.62. The number of halogens is 1. The highest BCUT2D eigenvalue weighted by Gasteiger charge is 2.10. The monoisotopic (exact) mass is 470 g/mol. The SMILES string of the molecule is CCNC(=NCC(=O)N(C)C)N(C)Cc1cnn(-c2ccccc2)c1.I. The zero-order chi connectivity index (χ0) is 18.2. The molecule has 1 N–H and O–H groups in total. The number of hydrogen-bond acceptors (Lipinski definition) is 3. The van der Waals surface area contributed by atoms with Gasteiger partial charge < -0.3 is 15.1 Å². The fourth-order valence-corrected chi connectivity index (χ4v) is 2.27. The lowest BCUT2D eigenvalue weighted by Gasteiger charge is -2.21. The molecule has 7 nitrogen and oxygen atoms in total. The van der Waals surface area contributed by atoms with Crippen molar-refractivity contribution in [3.8, 4) is 5.69 Å². The van der Waals surface area contributed by atoms with Gasteiger partial charge in [0.2, 0.25) is 5.91 Å². The number of rotatable bonds is 6. The number of aromatic nitrogens is 2. The maximum Gasteiger partial charge on any atom is 0.243 e. The molecule has 0 atom stereocenters. The quantitative estimate of drug-likeness (QED) is 0.399. The van der Waals surface area contributed by atoms with Crippen molar-refractivity contribution >= 4 is 35.8 Å². The maximum absolute atomic E-state index is 11.8. The van der Waals surface area contributed by atoms with Crippen LogP contribution in [0.1, 0.15) is 12.5 Å². The molecule has 26 heavy (non-hydrogen) atoms. The van der Waals surface area contributed by atoms with E-state index in [0.29, 0.717) is 12.5 Å². The first kappa shape index (κ1) is 21.9. The molecule has 1 aromatic carbocycles. The Morgan fingerprint density at radius 1 is 1.23 bits per heavy atom. The van der Waals surface area contributed by atoms with Gasteiger partial charge in [-0.15, -0.1) is 24.0 Å². The van der Waals surface area contributed by atoms with Crippen LogP contribution in [0.15, 0.2) is 47.7 Å². The fourth-order valence-electron chi connectivity index (χ4n) is 2.27. The summed E-state index contributed by atoms with van der Waals surface area (Å²) in [7, 11) is 5.40. The molecule has 2 rings (SSSR count). The van der Waals surface area contributed by atoms with Gasteiger partial charge in [-0.05, 0) is 19.1 Å². The summed E-state index contributed by atoms with van der Waals surface area (Å²) in [6, 6.07) is 9.98. The summed E-state index contributed by atoms with van der Waals surface area (Å²) in [4.78, 5) is 19.7. The van der Waals surface area contributed by atoms with Gasteiger partial charge in [0, 0.05) is 46.0 Å². The lowest BCUT2D eigenvalue weighted by Crippen LogP contribution is -2.39. The highest BCUT2D eigenvalue weighted by Crippen LogP contribution is 2.09. The standard InChI is InChI=1S/C18H26N6O.HI/c1-5-19-18(20-12-17(25)22(2)3)23(4)13-15-11-21-24(14-15)16-9-7-6-8-10-16;/h6-11,14H,5,12-13H2,1-4H3,(H,19,20);1H. The molecule has 2 aromatic rings. The van der Waals surface area contributed by atoms with Crippen LogP contribution >= 0.6 is 24.0 Å². The summed E-state index contributed by atoms with van der Waals surface area (Å²) >= 11 is 0. The maximum atomic E-state index is 11.8. The van der Waals surface area contributed by atoms with Crippen molar-refractivity contribution in [3.05, 3.63) is 48.3 Å². The topological polar surface area (TPSA) is 65.8 Å². The van der Waals surface area contributed by atoms with Crippen molar-refractivity contribution in [3.63, 3.8) is 0 Å². The van der Waals surface area contributed by atoms with Crippen LogP contribution in [0, 0.1) is 0 Å². The molecule has 0 fully saturated rings. The number of hydrogen-bond donors (Lipinski definition) is 1. The van der Waals surface area contributed by atoms with Gasteiger partial charge in [0.1, 0.15) is 6.54 Å². The van der Waals surface area contributed by atoms with E-state index >= 15 is 0 Å². The van der Waals surface area contributed by atoms with Gasteiger partial charge in [-0.3, -0.25) is 4.79 Å². The molecule has 0 saturated carbocycles. The normalized spacial score (nSPS) is 10.8. The van der Waals surface area contributed by atoms with Gasteiger partial charge in [0.25, 0.3) is 0 Å². The first-order chi connectivity index (χ1) is 12.0. The van der Waals surface area contributed by atoms with E-state index in [1.807, 2.05) is 66.3 Å². The summed E-state index contributed by atoms with van der Waals surface area (Å²) in [5.74, 6) is 0.672. The highest BCUT2D eigenvalue weighted by molar-refractivity contribution is 14.0. The molecular formula is C18H27IN6O. The van der Waals surface area contributed by atoms with Crippen molar-refractivity contribution in [2.24, 2.45) is 4.99 Å². The zero-order valence-corrected chi connectivity index (χ0v) is 18.0. The molecular weight excluding hydrogens is 443 g/mol. The second kappa shape index (κ2) is 10.8. The van der Waals surface area contributed by atoms with Crippen LogP contribution in [0.3, 0.4) is 0 Å². The van der Waals surface area contributed by atoms with E-state index in [0.717, 1.165) is 17.8 Å². The van der Waals surface area contributed by atoms with E-state index < -0.39 is 0 Å². The minimum atomic E-state index is -0.0271. The Kier molecular flexibility index (Phi) is 9.11. The van der Waals surface area contributed by atoms with Crippen LogP contribution in [-0.4, -0.2) is 65.7 Å². The largest absolute Gasteiger partial charge is 0.357 e. The Labute approximate surface area is 172 Å². The number of guanidine groups is 1. The number of amides is 1. The second-order valence-corrected chi connectivity index (χ2v) is 5.94. The first-order valence-corrected chi connectivity index (χ1v) is 8.29. The van der Waals surface area contributed by atoms with Crippen LogP contribution in [0.25, 0.3) is 5.69 Å². The minimum Gasteiger partial charge on any atom is -0.357 e. The van der Waals surface area contributed by atoms with Crippen molar-refractivity contribution in [1.29, 1.82) is 0 Å². The number of aliphatic imine (C=N–C) groups is 1. The zero-order valence-electron chi connectivity index (χ0n) is 15.7. The Balaban J connectivity index is 0.00000338. The van der Waals surface area contributed by atoms with E-state index in [2.05, 4.69) is 15.4 Å². The van der Waals surface area contributed by atoms with Crippen molar-refractivity contribution < 1.29 is 4.79 Å². The molecule has 0 aliphatic carbocycles. The molecule has 0 bridgehead atoms. The molecule has 1 amide bonds. The number of carbonyl (C=O) groups excluding carboxylic acids is 1. The molecule has 142 valence electrons. The molecule has 0 saturated heterocycles. The number of benzene rings is 1. The predicted octanol–water partition coefficient (Wildman–Crippen LogP) is 1.98. The summed E-state index contributed by atoms with van der Waals surface area (Å²) in [6.45, 7) is 3.52. The molecule has 0 spiro atoms. The van der Waals surface area contributed by atoms with Gasteiger partial charge in [0.15, 0.2) is 5.96 Å². The third-order valence-corrected chi connectivity index (χ3v) is 3.64. The third-order valence-electron chi connectivity index (χ3n) is 3.64. The first-order valence-electron chi connectivity index (χ1n) is 8.29. The van der Waals surface area contributed by atoms with Crippen molar-refractivity contribution in [2.75, 3.05) is 34.2 Å². The molecule has 0 radical (unpaired) electrons. The minimum absolute atomic E-state index is 0. The number of nitrogens with zero attached hydrogens (tertiary/aromatic N) is 5. The fraction of sp³-hybridized carbons (Fsp3) is 0.389. The lowest BCUT2D eigenvalue weighted by molar-refractivity contribution is -0.127. The number of para-hydroxylation sites is 1. The molecule has 8 heteroatoms. The van der Waals surface area contributed by atoms with Crippen LogP contribution in [0.5, 0.6) is 0 Å². The molecule has 0 aliphatic heterocycles. The Hall–Kier alpha value is -2.10. The van der Waals surface area contributed by atoms with Crippen molar-refractivity contribution in [2.45, 2.75) is 13.5 Å². The molecule has 0 aliphatic rings. The van der Waals surface area contributed by atoms with E-state index in [1.54, 1.807) is 14.1 Å². The highest BCUT2D eigenvalue weighted by atomic mass is 127. The van der Waals surface area contributed by atoms with Crippen LogP contribution in [-0.2, 0) is 11.3 Å². The smallest absolute Gasteiger partial charge is 0.243 e. The molecule has 0 unspecified atom stereocenters. The third kappa shape index (κ3) is 6.32. The lowest BCUT2D eigenvalue weighted by atomic mass is 10.3. The summed E-state index contributed by atoms with van der Waals surface area (Å²) in [6.07, 6.45) is 3.85. The van der Waals surface area contributed by atoms with Crippen LogP contribution in [0.2, 0.25) is 0 Å². The van der Waals surface area contributed by atoms with Gasteiger partial charge in [-0.1, -0.05) is 18.2 Å². The van der Waals surface area contributed by atoms with Crippen LogP contribution < -0.4 is 5.32 Å². The van der Waals surface area contributed by atoms with Gasteiger partial charge in [-0.25, -0.2) is 9.67 Å². The summed E-state index contributed by atoms with van der Waals surface area (Å²) < 4.78 is 1.85. The van der Waals surface area contributed by atoms with Gasteiger partial charge in [0.05, 0.1) is 11.9 Å². The van der Waals surface area contributed by atoms with E-state index in [9.17, 15) is 4.79 Å². The van der Waals surface area contributed by atoms with E-state index in [1.165, 1.54) is 4.90 Å². The summed E-state index contributed by atoms with van der Waals surface area (Å²) in [5.41, 5.74) is 2.09. The predicted molar refractivity (Wildman–Crippen MR) is 115 cm³/mol. The van der Waals surface area contributed by atoms with E-state index in [4.69, 9.17) is 0 Å². The number of carbonyl (C=O) groups is 1. The Morgan fingerprint density at radius 3 is 2.54 bits per heavy atom. The average molecular weight is 470 g/mol.